The predicted octanol–water partition coefficient (Wildman–Crippen LogP) is 3.86. The number of nitrogens with zero attached hydrogens (tertiary/aromatic N) is 3. The molecule has 2 N–H and O–H groups in total. The van der Waals surface area contributed by atoms with Gasteiger partial charge in [0.25, 0.3) is 5.91 Å². The van der Waals surface area contributed by atoms with Crippen LogP contribution in [0.4, 0.5) is 5.69 Å². The Balaban J connectivity index is 0.00000196. The lowest BCUT2D eigenvalue weighted by Crippen LogP contribution is -2.45. The number of halogens is 2. The minimum atomic E-state index is 0. The Hall–Kier alpha value is -1.82. The van der Waals surface area contributed by atoms with E-state index in [-0.39, 0.29) is 36.8 Å². The highest BCUT2D eigenvalue weighted by Gasteiger charge is 2.26. The second-order valence-electron chi connectivity index (χ2n) is 7.42. The van der Waals surface area contributed by atoms with Crippen LogP contribution in [0.3, 0.4) is 0 Å². The Bertz CT molecular complexity index is 765. The lowest BCUT2D eigenvalue weighted by molar-refractivity contribution is 0.0660. The summed E-state index contributed by atoms with van der Waals surface area (Å²) in [4.78, 5) is 21.2. The Kier molecular flexibility index (Phi) is 9.21. The molecule has 1 amide bonds. The Morgan fingerprint density at radius 2 is 1.86 bits per heavy atom. The van der Waals surface area contributed by atoms with E-state index in [0.29, 0.717) is 11.5 Å². The van der Waals surface area contributed by atoms with Gasteiger partial charge >= 0.3 is 0 Å². The highest BCUT2D eigenvalue weighted by molar-refractivity contribution is 5.95. The van der Waals surface area contributed by atoms with E-state index in [2.05, 4.69) is 34.1 Å². The molecule has 0 aliphatic carbocycles. The first-order valence-corrected chi connectivity index (χ1v) is 9.23. The maximum absolute atomic E-state index is 12.9. The van der Waals surface area contributed by atoms with Crippen LogP contribution in [0.1, 0.15) is 30.1 Å². The lowest BCUT2D eigenvalue weighted by Gasteiger charge is -2.34. The number of amides is 1. The molecule has 2 aromatic rings. The van der Waals surface area contributed by atoms with Crippen molar-refractivity contribution in [2.45, 2.75) is 25.8 Å². The highest BCUT2D eigenvalue weighted by Crippen LogP contribution is 2.24. The number of hydrogen-bond acceptors (Lipinski definition) is 4. The van der Waals surface area contributed by atoms with Crippen molar-refractivity contribution in [2.75, 3.05) is 32.1 Å². The molecule has 2 heterocycles. The fourth-order valence-electron chi connectivity index (χ4n) is 3.47. The van der Waals surface area contributed by atoms with E-state index in [1.165, 1.54) is 0 Å². The van der Waals surface area contributed by atoms with E-state index < -0.39 is 0 Å². The van der Waals surface area contributed by atoms with Gasteiger partial charge in [0.05, 0.1) is 5.56 Å². The maximum atomic E-state index is 12.9. The number of pyridine rings is 1. The van der Waals surface area contributed by atoms with Gasteiger partial charge in [0.15, 0.2) is 0 Å². The molecule has 154 valence electrons. The summed E-state index contributed by atoms with van der Waals surface area (Å²) in [5.74, 6) is 0.428. The molecule has 1 aliphatic heterocycles. The van der Waals surface area contributed by atoms with Crippen LogP contribution >= 0.6 is 24.8 Å². The van der Waals surface area contributed by atoms with Crippen LogP contribution in [0, 0.1) is 5.92 Å². The number of piperidine rings is 1. The van der Waals surface area contributed by atoms with E-state index in [1.54, 1.807) is 6.20 Å². The maximum Gasteiger partial charge on any atom is 0.255 e. The minimum Gasteiger partial charge on any atom is -0.378 e. The van der Waals surface area contributed by atoms with Crippen LogP contribution in [0.5, 0.6) is 0 Å². The van der Waals surface area contributed by atoms with Gasteiger partial charge in [-0.2, -0.15) is 0 Å². The molecular weight excluding hydrogens is 395 g/mol. The van der Waals surface area contributed by atoms with E-state index in [0.717, 1.165) is 42.7 Å². The number of benzene rings is 1. The number of carbonyl (C=O) groups is 1. The van der Waals surface area contributed by atoms with Crippen molar-refractivity contribution in [3.05, 3.63) is 48.3 Å². The highest BCUT2D eigenvalue weighted by atomic mass is 35.5. The van der Waals surface area contributed by atoms with Crippen LogP contribution < -0.4 is 10.6 Å². The van der Waals surface area contributed by atoms with Crippen molar-refractivity contribution in [3.63, 3.8) is 0 Å². The van der Waals surface area contributed by atoms with E-state index in [9.17, 15) is 4.79 Å². The van der Waals surface area contributed by atoms with Gasteiger partial charge in [0.1, 0.15) is 0 Å². The fourth-order valence-corrected chi connectivity index (χ4v) is 3.47. The summed E-state index contributed by atoms with van der Waals surface area (Å²) in [7, 11) is 4.04. The third-order valence-electron chi connectivity index (χ3n) is 5.19. The molecular formula is C21H30Cl2N4O. The van der Waals surface area contributed by atoms with Crippen molar-refractivity contribution in [3.8, 4) is 11.1 Å². The van der Waals surface area contributed by atoms with Gasteiger partial charge in [0, 0.05) is 56.9 Å². The van der Waals surface area contributed by atoms with E-state index >= 15 is 0 Å². The predicted molar refractivity (Wildman–Crippen MR) is 121 cm³/mol. The van der Waals surface area contributed by atoms with Gasteiger partial charge in [0.2, 0.25) is 0 Å². The Labute approximate surface area is 180 Å². The molecule has 1 aliphatic rings. The third-order valence-corrected chi connectivity index (χ3v) is 5.19. The molecule has 7 heteroatoms. The first-order valence-electron chi connectivity index (χ1n) is 9.23. The van der Waals surface area contributed by atoms with Crippen molar-refractivity contribution in [2.24, 2.45) is 11.7 Å². The van der Waals surface area contributed by atoms with Gasteiger partial charge in [-0.3, -0.25) is 9.78 Å². The number of anilines is 1. The van der Waals surface area contributed by atoms with Gasteiger partial charge in [-0.25, -0.2) is 0 Å². The third kappa shape index (κ3) is 5.60. The molecule has 1 fully saturated rings. The smallest absolute Gasteiger partial charge is 0.255 e. The number of hydrogen-bond donors (Lipinski definition) is 1. The van der Waals surface area contributed by atoms with Crippen LogP contribution in [-0.4, -0.2) is 49.0 Å². The monoisotopic (exact) mass is 424 g/mol. The quantitative estimate of drug-likeness (QED) is 0.808. The Morgan fingerprint density at radius 3 is 2.46 bits per heavy atom. The van der Waals surface area contributed by atoms with Gasteiger partial charge in [-0.05, 0) is 49.4 Å². The van der Waals surface area contributed by atoms with Crippen molar-refractivity contribution < 1.29 is 4.79 Å². The Morgan fingerprint density at radius 1 is 1.18 bits per heavy atom. The molecule has 1 aromatic heterocycles. The molecule has 2 atom stereocenters. The van der Waals surface area contributed by atoms with Crippen LogP contribution in [-0.2, 0) is 0 Å². The topological polar surface area (TPSA) is 62.5 Å². The second kappa shape index (κ2) is 10.6. The molecule has 2 unspecified atom stereocenters. The van der Waals surface area contributed by atoms with Crippen LogP contribution in [0.2, 0.25) is 0 Å². The van der Waals surface area contributed by atoms with Crippen molar-refractivity contribution >= 4 is 36.4 Å². The van der Waals surface area contributed by atoms with Crippen LogP contribution in [0.25, 0.3) is 11.1 Å². The largest absolute Gasteiger partial charge is 0.378 e. The van der Waals surface area contributed by atoms with E-state index in [1.807, 2.05) is 38.2 Å². The number of rotatable bonds is 4. The normalized spacial score (nSPS) is 17.1. The fraction of sp³-hybridized carbons (Fsp3) is 0.429. The summed E-state index contributed by atoms with van der Waals surface area (Å²) < 4.78 is 0. The number of carbonyl (C=O) groups excluding carboxylic acids is 1. The molecule has 0 radical (unpaired) electrons. The zero-order valence-electron chi connectivity index (χ0n) is 16.7. The average Bonchev–Trinajstić information content (AvgIpc) is 2.67. The zero-order valence-corrected chi connectivity index (χ0v) is 18.3. The molecule has 1 aromatic carbocycles. The summed E-state index contributed by atoms with van der Waals surface area (Å²) in [6.07, 6.45) is 5.58. The minimum absolute atomic E-state index is 0. The molecule has 0 bridgehead atoms. The molecule has 0 saturated carbocycles. The number of aromatic nitrogens is 1. The van der Waals surface area contributed by atoms with Gasteiger partial charge in [-0.1, -0.05) is 12.1 Å². The molecule has 28 heavy (non-hydrogen) atoms. The molecule has 1 saturated heterocycles. The summed E-state index contributed by atoms with van der Waals surface area (Å²) in [6.45, 7) is 3.56. The number of likely N-dealkylation sites (tertiary alicyclic amines) is 1. The molecule has 3 rings (SSSR count). The van der Waals surface area contributed by atoms with E-state index in [4.69, 9.17) is 5.73 Å². The van der Waals surface area contributed by atoms with Crippen LogP contribution in [0.15, 0.2) is 42.7 Å². The molecule has 5 nitrogen and oxygen atoms in total. The van der Waals surface area contributed by atoms with Crippen molar-refractivity contribution in [1.29, 1.82) is 0 Å². The number of nitrogens with two attached hydrogens (primary N) is 1. The van der Waals surface area contributed by atoms with Crippen molar-refractivity contribution in [1.82, 2.24) is 9.88 Å². The second-order valence-corrected chi connectivity index (χ2v) is 7.42. The van der Waals surface area contributed by atoms with Gasteiger partial charge < -0.3 is 15.5 Å². The first-order chi connectivity index (χ1) is 12.5. The standard InChI is InChI=1S/C21H28N4O.2ClH/c1-15(22)17-5-4-10-25(14-17)21(26)19-11-18(12-23-13-19)16-6-8-20(9-7-16)24(2)3;;/h6-9,11-13,15,17H,4-5,10,14,22H2,1-3H3;2*1H. The lowest BCUT2D eigenvalue weighted by atomic mass is 9.92. The SMILES string of the molecule is CC(N)C1CCCN(C(=O)c2cncc(-c3ccc(N(C)C)cc3)c2)C1.Cl.Cl. The average molecular weight is 425 g/mol. The summed E-state index contributed by atoms with van der Waals surface area (Å²) in [5, 5.41) is 0. The molecule has 0 spiro atoms. The zero-order chi connectivity index (χ0) is 18.7. The summed E-state index contributed by atoms with van der Waals surface area (Å²) in [6, 6.07) is 10.3. The first kappa shape index (κ1) is 24.2. The van der Waals surface area contributed by atoms with Gasteiger partial charge in [-0.15, -0.1) is 24.8 Å². The summed E-state index contributed by atoms with van der Waals surface area (Å²) in [5.41, 5.74) is 9.85. The summed E-state index contributed by atoms with van der Waals surface area (Å²) >= 11 is 0.